The van der Waals surface area contributed by atoms with Crippen molar-refractivity contribution in [3.05, 3.63) is 0 Å². The van der Waals surface area contributed by atoms with E-state index in [2.05, 4.69) is 4.74 Å². The molecule has 1 unspecified atom stereocenters. The Hall–Kier alpha value is -1.10. The molecule has 0 aliphatic heterocycles. The molecule has 1 N–H and O–H groups in total. The first-order valence-corrected chi connectivity index (χ1v) is 4.09. The first kappa shape index (κ1) is 11.9. The van der Waals surface area contributed by atoms with E-state index in [1.165, 1.54) is 0 Å². The number of esters is 1. The third-order valence-corrected chi connectivity index (χ3v) is 1.15. The summed E-state index contributed by atoms with van der Waals surface area (Å²) in [6.07, 6.45) is -0.479. The van der Waals surface area contributed by atoms with Crippen molar-refractivity contribution in [3.63, 3.8) is 0 Å². The molecular formula is C8H14O5. The summed E-state index contributed by atoms with van der Waals surface area (Å²) in [5, 5.41) is 8.23. The van der Waals surface area contributed by atoms with Crippen LogP contribution in [0.4, 0.5) is 0 Å². The van der Waals surface area contributed by atoms with E-state index < -0.39 is 24.6 Å². The normalized spacial score (nSPS) is 12.2. The highest BCUT2D eigenvalue weighted by Gasteiger charge is 2.12. The topological polar surface area (TPSA) is 72.8 Å². The first-order valence-electron chi connectivity index (χ1n) is 4.09. The van der Waals surface area contributed by atoms with Gasteiger partial charge in [-0.05, 0) is 13.3 Å². The molecule has 0 aromatic heterocycles. The smallest absolute Gasteiger partial charge is 0.319 e. The van der Waals surface area contributed by atoms with Crippen LogP contribution in [0.3, 0.4) is 0 Å². The van der Waals surface area contributed by atoms with Crippen molar-refractivity contribution in [2.75, 3.05) is 6.61 Å². The maximum Gasteiger partial charge on any atom is 0.319 e. The van der Waals surface area contributed by atoms with Crippen LogP contribution < -0.4 is 0 Å². The van der Waals surface area contributed by atoms with Crippen molar-refractivity contribution in [1.29, 1.82) is 0 Å². The Kier molecular flexibility index (Phi) is 5.88. The highest BCUT2D eigenvalue weighted by atomic mass is 16.7. The third-order valence-electron chi connectivity index (χ3n) is 1.15. The minimum atomic E-state index is -1.20. The van der Waals surface area contributed by atoms with E-state index in [4.69, 9.17) is 9.84 Å². The lowest BCUT2D eigenvalue weighted by Crippen LogP contribution is -2.20. The molecule has 0 saturated carbocycles. The molecule has 1 atom stereocenters. The number of ether oxygens (including phenoxy) is 2. The Balaban J connectivity index is 3.59. The molecule has 0 aliphatic rings. The summed E-state index contributed by atoms with van der Waals surface area (Å²) in [6, 6.07) is 0. The number of carbonyl (C=O) groups is 2. The van der Waals surface area contributed by atoms with E-state index in [0.29, 0.717) is 6.61 Å². The average Bonchev–Trinajstić information content (AvgIpc) is 1.98. The Morgan fingerprint density at radius 2 is 2.08 bits per heavy atom. The summed E-state index contributed by atoms with van der Waals surface area (Å²) < 4.78 is 9.63. The largest absolute Gasteiger partial charge is 0.481 e. The third kappa shape index (κ3) is 7.27. The number of carbonyl (C=O) groups excluding carboxylic acids is 1. The van der Waals surface area contributed by atoms with Gasteiger partial charge in [-0.2, -0.15) is 0 Å². The van der Waals surface area contributed by atoms with Crippen molar-refractivity contribution >= 4 is 11.9 Å². The molecule has 0 spiro atoms. The number of carboxylic acid groups (broad SMARTS) is 1. The molecule has 0 amide bonds. The van der Waals surface area contributed by atoms with E-state index >= 15 is 0 Å². The summed E-state index contributed by atoms with van der Waals surface area (Å²) >= 11 is 0. The fraction of sp³-hybridized carbons (Fsp3) is 0.750. The van der Waals surface area contributed by atoms with Gasteiger partial charge in [0.05, 0.1) is 6.61 Å². The highest BCUT2D eigenvalue weighted by Crippen LogP contribution is 1.97. The second kappa shape index (κ2) is 6.42. The van der Waals surface area contributed by atoms with E-state index in [0.717, 1.165) is 6.42 Å². The quantitative estimate of drug-likeness (QED) is 0.380. The van der Waals surface area contributed by atoms with Gasteiger partial charge in [0.15, 0.2) is 6.29 Å². The lowest BCUT2D eigenvalue weighted by Gasteiger charge is -2.12. The minimum Gasteiger partial charge on any atom is -0.481 e. The number of aliphatic carboxylic acids is 1. The van der Waals surface area contributed by atoms with Gasteiger partial charge in [0.2, 0.25) is 0 Å². The fourth-order valence-corrected chi connectivity index (χ4v) is 0.668. The summed E-state index contributed by atoms with van der Waals surface area (Å²) in [5.74, 6) is -1.98. The molecule has 0 radical (unpaired) electrons. The van der Waals surface area contributed by atoms with Crippen LogP contribution in [0.5, 0.6) is 0 Å². The molecule has 0 fully saturated rings. The first-order chi connectivity index (χ1) is 6.06. The van der Waals surface area contributed by atoms with E-state index in [1.54, 1.807) is 6.92 Å². The molecule has 0 aliphatic carbocycles. The highest BCUT2D eigenvalue weighted by molar-refractivity contribution is 5.90. The molecule has 0 bridgehead atoms. The molecule has 0 saturated heterocycles. The number of hydrogen-bond acceptors (Lipinski definition) is 4. The predicted molar refractivity (Wildman–Crippen MR) is 44.0 cm³/mol. The second-order valence-corrected chi connectivity index (χ2v) is 2.50. The summed E-state index contributed by atoms with van der Waals surface area (Å²) in [7, 11) is 0. The Labute approximate surface area is 76.6 Å². The van der Waals surface area contributed by atoms with Crippen LogP contribution in [0.2, 0.25) is 0 Å². The Morgan fingerprint density at radius 1 is 1.46 bits per heavy atom. The van der Waals surface area contributed by atoms with Gasteiger partial charge in [-0.25, -0.2) is 0 Å². The molecular weight excluding hydrogens is 176 g/mol. The van der Waals surface area contributed by atoms with Gasteiger partial charge in [-0.3, -0.25) is 9.59 Å². The zero-order valence-corrected chi connectivity index (χ0v) is 7.78. The second-order valence-electron chi connectivity index (χ2n) is 2.50. The summed E-state index contributed by atoms with van der Waals surface area (Å²) in [5.41, 5.74) is 0. The van der Waals surface area contributed by atoms with Crippen LogP contribution in [-0.4, -0.2) is 29.9 Å². The van der Waals surface area contributed by atoms with Crippen molar-refractivity contribution in [1.82, 2.24) is 0 Å². The molecule has 0 aromatic carbocycles. The predicted octanol–water partition coefficient (Wildman–Crippen LogP) is 0.777. The van der Waals surface area contributed by atoms with Gasteiger partial charge < -0.3 is 14.6 Å². The van der Waals surface area contributed by atoms with Crippen molar-refractivity contribution in [3.8, 4) is 0 Å². The van der Waals surface area contributed by atoms with Crippen LogP contribution in [0.1, 0.15) is 26.7 Å². The summed E-state index contributed by atoms with van der Waals surface area (Å²) in [4.78, 5) is 20.8. The van der Waals surface area contributed by atoms with Crippen LogP contribution in [0.15, 0.2) is 0 Å². The monoisotopic (exact) mass is 190 g/mol. The van der Waals surface area contributed by atoms with Crippen LogP contribution in [-0.2, 0) is 19.1 Å². The molecule has 0 rings (SSSR count). The maximum atomic E-state index is 10.7. The van der Waals surface area contributed by atoms with Gasteiger partial charge in [0.1, 0.15) is 6.42 Å². The van der Waals surface area contributed by atoms with Crippen molar-refractivity contribution in [2.45, 2.75) is 33.0 Å². The summed E-state index contributed by atoms with van der Waals surface area (Å²) in [6.45, 7) is 3.96. The van der Waals surface area contributed by atoms with Gasteiger partial charge in [-0.15, -0.1) is 0 Å². The van der Waals surface area contributed by atoms with E-state index in [1.807, 2.05) is 6.92 Å². The minimum absolute atomic E-state index is 0.488. The molecule has 0 heterocycles. The molecule has 13 heavy (non-hydrogen) atoms. The van der Waals surface area contributed by atoms with Gasteiger partial charge in [-0.1, -0.05) is 6.92 Å². The fourth-order valence-electron chi connectivity index (χ4n) is 0.668. The zero-order valence-electron chi connectivity index (χ0n) is 7.78. The van der Waals surface area contributed by atoms with Crippen LogP contribution in [0, 0.1) is 0 Å². The Morgan fingerprint density at radius 3 is 2.54 bits per heavy atom. The number of hydrogen-bond donors (Lipinski definition) is 1. The molecule has 5 heteroatoms. The van der Waals surface area contributed by atoms with Crippen molar-refractivity contribution < 1.29 is 24.2 Å². The van der Waals surface area contributed by atoms with Crippen LogP contribution in [0.25, 0.3) is 0 Å². The average molecular weight is 190 g/mol. The lowest BCUT2D eigenvalue weighted by atomic mass is 10.4. The standard InChI is InChI=1S/C8H14O5/c1-3-4-12-6(2)13-8(11)5-7(9)10/h6H,3-5H2,1-2H3,(H,9,10). The van der Waals surface area contributed by atoms with Gasteiger partial charge in [0, 0.05) is 0 Å². The van der Waals surface area contributed by atoms with Gasteiger partial charge in [0.25, 0.3) is 0 Å². The van der Waals surface area contributed by atoms with Crippen LogP contribution >= 0.6 is 0 Å². The molecule has 76 valence electrons. The number of rotatable bonds is 6. The van der Waals surface area contributed by atoms with E-state index in [-0.39, 0.29) is 0 Å². The zero-order chi connectivity index (χ0) is 10.3. The SMILES string of the molecule is CCCOC(C)OC(=O)CC(=O)O. The van der Waals surface area contributed by atoms with Crippen molar-refractivity contribution in [2.24, 2.45) is 0 Å². The molecule has 0 aromatic rings. The maximum absolute atomic E-state index is 10.7. The Bertz CT molecular complexity index is 177. The van der Waals surface area contributed by atoms with E-state index in [9.17, 15) is 9.59 Å². The molecule has 5 nitrogen and oxygen atoms in total. The van der Waals surface area contributed by atoms with Gasteiger partial charge >= 0.3 is 11.9 Å². The lowest BCUT2D eigenvalue weighted by molar-refractivity contribution is -0.176. The number of carboxylic acids is 1.